The summed E-state index contributed by atoms with van der Waals surface area (Å²) in [6.07, 6.45) is 1.99. The van der Waals surface area contributed by atoms with Gasteiger partial charge < -0.3 is 9.73 Å². The molecule has 1 N–H and O–H groups in total. The van der Waals surface area contributed by atoms with Crippen molar-refractivity contribution < 1.29 is 9.21 Å². The number of benzene rings is 2. The Kier molecular flexibility index (Phi) is 2.96. The summed E-state index contributed by atoms with van der Waals surface area (Å²) < 4.78 is 5.87. The molecule has 1 amide bonds. The van der Waals surface area contributed by atoms with Gasteiger partial charge in [-0.25, -0.2) is 4.98 Å². The maximum absolute atomic E-state index is 11.8. The number of oxazole rings is 1. The summed E-state index contributed by atoms with van der Waals surface area (Å²) in [5.41, 5.74) is 4.35. The van der Waals surface area contributed by atoms with Crippen LogP contribution in [0.5, 0.6) is 0 Å². The zero-order valence-electron chi connectivity index (χ0n) is 12.3. The summed E-state index contributed by atoms with van der Waals surface area (Å²) in [5, 5.41) is 2.93. The first kappa shape index (κ1) is 13.1. The second kappa shape index (κ2) is 4.98. The Hall–Kier alpha value is -2.62. The van der Waals surface area contributed by atoms with Gasteiger partial charge >= 0.3 is 0 Å². The van der Waals surface area contributed by atoms with Crippen molar-refractivity contribution in [2.45, 2.75) is 19.8 Å². The minimum Gasteiger partial charge on any atom is -0.436 e. The quantitative estimate of drug-likeness (QED) is 0.789. The Morgan fingerprint density at radius 1 is 1.23 bits per heavy atom. The number of fused-ring (bicyclic) bond motifs is 1. The minimum atomic E-state index is 0.0954. The molecular weight excluding hydrogens is 276 g/mol. The van der Waals surface area contributed by atoms with E-state index in [9.17, 15) is 4.79 Å². The summed E-state index contributed by atoms with van der Waals surface area (Å²) in [5.74, 6) is 0.893. The number of hydrogen-bond donors (Lipinski definition) is 1. The van der Waals surface area contributed by atoms with Crippen molar-refractivity contribution >= 4 is 22.7 Å². The van der Waals surface area contributed by atoms with Crippen LogP contribution in [-0.4, -0.2) is 10.9 Å². The number of carbonyl (C=O) groups excluding carboxylic acids is 1. The van der Waals surface area contributed by atoms with E-state index in [1.165, 1.54) is 0 Å². The summed E-state index contributed by atoms with van der Waals surface area (Å²) in [7, 11) is 0. The van der Waals surface area contributed by atoms with Gasteiger partial charge in [-0.1, -0.05) is 18.2 Å². The van der Waals surface area contributed by atoms with Crippen molar-refractivity contribution in [3.63, 3.8) is 0 Å². The Labute approximate surface area is 128 Å². The molecule has 0 radical (unpaired) electrons. The van der Waals surface area contributed by atoms with E-state index < -0.39 is 0 Å². The van der Waals surface area contributed by atoms with Gasteiger partial charge in [0.2, 0.25) is 11.8 Å². The van der Waals surface area contributed by atoms with Gasteiger partial charge in [0, 0.05) is 23.2 Å². The molecule has 0 bridgehead atoms. The molecule has 2 aromatic carbocycles. The van der Waals surface area contributed by atoms with Crippen LogP contribution in [0.3, 0.4) is 0 Å². The zero-order valence-corrected chi connectivity index (χ0v) is 12.3. The Bertz CT molecular complexity index is 862. The van der Waals surface area contributed by atoms with Gasteiger partial charge in [-0.15, -0.1) is 0 Å². The third-order valence-electron chi connectivity index (χ3n) is 3.98. The summed E-state index contributed by atoms with van der Waals surface area (Å²) in [6, 6.07) is 13.6. The molecule has 0 atom stereocenters. The van der Waals surface area contributed by atoms with Gasteiger partial charge in [0.25, 0.3) is 0 Å². The molecule has 0 aliphatic heterocycles. The zero-order chi connectivity index (χ0) is 15.1. The molecular formula is C18H16N2O2. The summed E-state index contributed by atoms with van der Waals surface area (Å²) in [6.45, 7) is 2.03. The van der Waals surface area contributed by atoms with E-state index in [-0.39, 0.29) is 11.8 Å². The predicted molar refractivity (Wildman–Crippen MR) is 85.5 cm³/mol. The smallest absolute Gasteiger partial charge is 0.227 e. The first-order valence-corrected chi connectivity index (χ1v) is 7.48. The predicted octanol–water partition coefficient (Wildman–Crippen LogP) is 4.15. The molecule has 1 heterocycles. The first-order chi connectivity index (χ1) is 10.7. The Balaban J connectivity index is 1.68. The highest BCUT2D eigenvalue weighted by Gasteiger charge is 2.29. The second-order valence-electron chi connectivity index (χ2n) is 5.78. The molecule has 1 saturated carbocycles. The van der Waals surface area contributed by atoms with Crippen molar-refractivity contribution in [2.75, 3.05) is 5.32 Å². The van der Waals surface area contributed by atoms with Gasteiger partial charge in [0.15, 0.2) is 5.58 Å². The lowest BCUT2D eigenvalue weighted by atomic mass is 10.1. The van der Waals surface area contributed by atoms with E-state index in [2.05, 4.69) is 10.3 Å². The molecule has 22 heavy (non-hydrogen) atoms. The number of anilines is 1. The first-order valence-electron chi connectivity index (χ1n) is 7.48. The molecule has 1 aromatic heterocycles. The van der Waals surface area contributed by atoms with Gasteiger partial charge in [0.1, 0.15) is 5.52 Å². The monoisotopic (exact) mass is 292 g/mol. The van der Waals surface area contributed by atoms with Gasteiger partial charge in [-0.2, -0.15) is 0 Å². The number of nitrogens with zero attached hydrogens (tertiary/aromatic N) is 1. The molecule has 1 aliphatic carbocycles. The number of rotatable bonds is 3. The lowest BCUT2D eigenvalue weighted by Gasteiger charge is -2.02. The van der Waals surface area contributed by atoms with Crippen LogP contribution in [0.2, 0.25) is 0 Å². The lowest BCUT2D eigenvalue weighted by Crippen LogP contribution is -2.12. The highest BCUT2D eigenvalue weighted by molar-refractivity contribution is 5.95. The number of carbonyl (C=O) groups is 1. The van der Waals surface area contributed by atoms with Crippen LogP contribution in [0.4, 0.5) is 5.69 Å². The summed E-state index contributed by atoms with van der Waals surface area (Å²) in [4.78, 5) is 16.4. The standard InChI is InChI=1S/C18H16N2O2/c1-11-4-2-3-5-14(11)18-20-15-9-8-13(10-16(15)22-18)19-17(21)12-6-7-12/h2-5,8-10,12H,6-7H2,1H3,(H,19,21). The average Bonchev–Trinajstić information content (AvgIpc) is 3.28. The second-order valence-corrected chi connectivity index (χ2v) is 5.78. The maximum Gasteiger partial charge on any atom is 0.227 e. The van der Waals surface area contributed by atoms with Crippen LogP contribution < -0.4 is 5.32 Å². The van der Waals surface area contributed by atoms with Gasteiger partial charge in [-0.05, 0) is 43.5 Å². The molecule has 0 unspecified atom stereocenters. The molecule has 1 aliphatic rings. The summed E-state index contributed by atoms with van der Waals surface area (Å²) >= 11 is 0. The maximum atomic E-state index is 11.8. The molecule has 110 valence electrons. The van der Waals surface area contributed by atoms with Crippen LogP contribution >= 0.6 is 0 Å². The van der Waals surface area contributed by atoms with E-state index in [0.29, 0.717) is 11.5 Å². The highest BCUT2D eigenvalue weighted by Crippen LogP contribution is 2.31. The van der Waals surface area contributed by atoms with Crippen LogP contribution in [0, 0.1) is 12.8 Å². The Morgan fingerprint density at radius 3 is 2.82 bits per heavy atom. The van der Waals surface area contributed by atoms with Crippen LogP contribution in [0.1, 0.15) is 18.4 Å². The van der Waals surface area contributed by atoms with E-state index in [0.717, 1.165) is 35.2 Å². The minimum absolute atomic E-state index is 0.0954. The van der Waals surface area contributed by atoms with E-state index >= 15 is 0 Å². The third-order valence-corrected chi connectivity index (χ3v) is 3.98. The average molecular weight is 292 g/mol. The van der Waals surface area contributed by atoms with Crippen molar-refractivity contribution in [3.05, 3.63) is 48.0 Å². The SMILES string of the molecule is Cc1ccccc1-c1nc2ccc(NC(=O)C3CC3)cc2o1. The molecule has 0 saturated heterocycles. The molecule has 4 nitrogen and oxygen atoms in total. The fraction of sp³-hybridized carbons (Fsp3) is 0.222. The number of aryl methyl sites for hydroxylation is 1. The van der Waals surface area contributed by atoms with Crippen molar-refractivity contribution in [3.8, 4) is 11.5 Å². The van der Waals surface area contributed by atoms with Crippen LogP contribution in [0.25, 0.3) is 22.6 Å². The lowest BCUT2D eigenvalue weighted by molar-refractivity contribution is -0.117. The molecule has 4 rings (SSSR count). The number of amides is 1. The molecule has 1 fully saturated rings. The van der Waals surface area contributed by atoms with E-state index in [1.807, 2.05) is 49.4 Å². The molecule has 3 aromatic rings. The normalized spacial score (nSPS) is 14.2. The fourth-order valence-electron chi connectivity index (χ4n) is 2.52. The van der Waals surface area contributed by atoms with Gasteiger partial charge in [0.05, 0.1) is 0 Å². The number of hydrogen-bond acceptors (Lipinski definition) is 3. The highest BCUT2D eigenvalue weighted by atomic mass is 16.3. The van der Waals surface area contributed by atoms with Crippen molar-refractivity contribution in [2.24, 2.45) is 5.92 Å². The molecule has 0 spiro atoms. The molecule has 4 heteroatoms. The van der Waals surface area contributed by atoms with Gasteiger partial charge in [-0.3, -0.25) is 4.79 Å². The van der Waals surface area contributed by atoms with E-state index in [1.54, 1.807) is 0 Å². The van der Waals surface area contributed by atoms with Crippen molar-refractivity contribution in [1.82, 2.24) is 4.98 Å². The largest absolute Gasteiger partial charge is 0.436 e. The topological polar surface area (TPSA) is 55.1 Å². The van der Waals surface area contributed by atoms with Crippen molar-refractivity contribution in [1.29, 1.82) is 0 Å². The van der Waals surface area contributed by atoms with E-state index in [4.69, 9.17) is 4.42 Å². The number of aromatic nitrogens is 1. The third kappa shape index (κ3) is 2.37. The fourth-order valence-corrected chi connectivity index (χ4v) is 2.52. The van der Waals surface area contributed by atoms with Crippen LogP contribution in [-0.2, 0) is 4.79 Å². The number of nitrogens with one attached hydrogen (secondary N) is 1. The van der Waals surface area contributed by atoms with Crippen LogP contribution in [0.15, 0.2) is 46.9 Å². The Morgan fingerprint density at radius 2 is 2.05 bits per heavy atom.